The van der Waals surface area contributed by atoms with Crippen molar-refractivity contribution in [1.29, 1.82) is 5.41 Å². The molecule has 0 saturated carbocycles. The molecule has 2 aromatic carbocycles. The average molecular weight is 510 g/mol. The third-order valence-corrected chi connectivity index (χ3v) is 6.32. The van der Waals surface area contributed by atoms with E-state index in [2.05, 4.69) is 28.1 Å². The van der Waals surface area contributed by atoms with E-state index in [1.54, 1.807) is 0 Å². The van der Waals surface area contributed by atoms with Gasteiger partial charge in [-0.25, -0.2) is 9.59 Å². The number of benzene rings is 2. The van der Waals surface area contributed by atoms with Crippen LogP contribution in [0.1, 0.15) is 49.7 Å². The Balaban J connectivity index is 1.66. The Labute approximate surface area is 216 Å². The number of methoxy groups -OCH3 is 1. The molecular weight excluding hydrogens is 474 g/mol. The first-order valence-electron chi connectivity index (χ1n) is 12.4. The Morgan fingerprint density at radius 3 is 2.16 bits per heavy atom. The number of hydrogen-bond donors (Lipinski definition) is 5. The van der Waals surface area contributed by atoms with Crippen molar-refractivity contribution < 1.29 is 23.9 Å². The molecule has 0 radical (unpaired) electrons. The van der Waals surface area contributed by atoms with Crippen LogP contribution in [0.5, 0.6) is 0 Å². The number of carbonyl (C=O) groups is 3. The molecule has 2 atom stereocenters. The predicted octanol–water partition coefficient (Wildman–Crippen LogP) is 2.61. The Bertz CT molecular complexity index is 1080. The number of rotatable bonds is 12. The highest BCUT2D eigenvalue weighted by Crippen LogP contribution is 2.44. The van der Waals surface area contributed by atoms with E-state index in [-0.39, 0.29) is 24.9 Å². The van der Waals surface area contributed by atoms with E-state index in [1.807, 2.05) is 43.3 Å². The first kappa shape index (κ1) is 27.5. The number of alkyl carbamates (subject to hydrolysis) is 1. The average Bonchev–Trinajstić information content (AvgIpc) is 3.22. The van der Waals surface area contributed by atoms with Gasteiger partial charge in [-0.05, 0) is 41.5 Å². The minimum absolute atomic E-state index is 0.112. The van der Waals surface area contributed by atoms with Gasteiger partial charge in [0, 0.05) is 12.5 Å². The number of ether oxygens (including phenoxy) is 2. The van der Waals surface area contributed by atoms with Crippen LogP contribution >= 0.6 is 0 Å². The fourth-order valence-corrected chi connectivity index (χ4v) is 4.53. The van der Waals surface area contributed by atoms with Crippen LogP contribution in [-0.2, 0) is 19.1 Å². The maximum Gasteiger partial charge on any atom is 0.407 e. The molecule has 0 aromatic heterocycles. The Morgan fingerprint density at radius 2 is 1.59 bits per heavy atom. The molecule has 6 N–H and O–H groups in total. The van der Waals surface area contributed by atoms with Crippen molar-refractivity contribution in [1.82, 2.24) is 16.0 Å². The van der Waals surface area contributed by atoms with Crippen LogP contribution in [0.3, 0.4) is 0 Å². The van der Waals surface area contributed by atoms with E-state index in [0.29, 0.717) is 25.8 Å². The van der Waals surface area contributed by atoms with Crippen molar-refractivity contribution in [3.63, 3.8) is 0 Å². The lowest BCUT2D eigenvalue weighted by atomic mass is 9.98. The molecule has 0 unspecified atom stereocenters. The second kappa shape index (κ2) is 13.3. The highest BCUT2D eigenvalue weighted by molar-refractivity contribution is 5.89. The lowest BCUT2D eigenvalue weighted by Crippen LogP contribution is -2.52. The predicted molar refractivity (Wildman–Crippen MR) is 140 cm³/mol. The molecule has 3 rings (SSSR count). The first-order valence-corrected chi connectivity index (χ1v) is 12.4. The van der Waals surface area contributed by atoms with Gasteiger partial charge in [-0.3, -0.25) is 10.2 Å². The number of hydrogen-bond acceptors (Lipinski definition) is 6. The maximum atomic E-state index is 13.0. The summed E-state index contributed by atoms with van der Waals surface area (Å²) in [6.07, 6.45) is 1.02. The molecule has 37 heavy (non-hydrogen) atoms. The van der Waals surface area contributed by atoms with E-state index in [0.717, 1.165) is 22.3 Å². The number of esters is 1. The van der Waals surface area contributed by atoms with Crippen LogP contribution < -0.4 is 21.7 Å². The van der Waals surface area contributed by atoms with Crippen molar-refractivity contribution in [3.05, 3.63) is 59.7 Å². The summed E-state index contributed by atoms with van der Waals surface area (Å²) in [6, 6.07) is 14.3. The summed E-state index contributed by atoms with van der Waals surface area (Å²) >= 11 is 0. The van der Waals surface area contributed by atoms with Crippen LogP contribution in [0.25, 0.3) is 11.1 Å². The van der Waals surface area contributed by atoms with E-state index < -0.39 is 30.1 Å². The molecule has 0 spiro atoms. The zero-order chi connectivity index (χ0) is 26.8. The number of nitrogens with two attached hydrogens (primary N) is 1. The molecule has 2 aromatic rings. The number of carbonyl (C=O) groups excluding carboxylic acids is 3. The molecule has 0 fully saturated rings. The molecule has 1 aliphatic carbocycles. The third-order valence-electron chi connectivity index (χ3n) is 6.32. The largest absolute Gasteiger partial charge is 0.467 e. The molecule has 0 bridgehead atoms. The van der Waals surface area contributed by atoms with Crippen molar-refractivity contribution in [2.75, 3.05) is 20.3 Å². The summed E-state index contributed by atoms with van der Waals surface area (Å²) in [6.45, 7) is 2.35. The van der Waals surface area contributed by atoms with Crippen LogP contribution in [0.2, 0.25) is 0 Å². The summed E-state index contributed by atoms with van der Waals surface area (Å²) < 4.78 is 10.4. The number of amides is 2. The highest BCUT2D eigenvalue weighted by atomic mass is 16.5. The van der Waals surface area contributed by atoms with Gasteiger partial charge in [0.05, 0.1) is 7.11 Å². The van der Waals surface area contributed by atoms with Gasteiger partial charge in [0.2, 0.25) is 5.91 Å². The van der Waals surface area contributed by atoms with Crippen molar-refractivity contribution >= 4 is 23.9 Å². The minimum atomic E-state index is -0.951. The van der Waals surface area contributed by atoms with Crippen LogP contribution in [0.4, 0.5) is 4.79 Å². The summed E-state index contributed by atoms with van der Waals surface area (Å²) in [5.74, 6) is -1.36. The van der Waals surface area contributed by atoms with Crippen LogP contribution in [-0.4, -0.2) is 56.3 Å². The smallest absolute Gasteiger partial charge is 0.407 e. The van der Waals surface area contributed by atoms with Crippen LogP contribution in [0.15, 0.2) is 48.5 Å². The molecule has 0 aliphatic heterocycles. The van der Waals surface area contributed by atoms with Gasteiger partial charge in [0.1, 0.15) is 18.7 Å². The Morgan fingerprint density at radius 1 is 0.973 bits per heavy atom. The zero-order valence-electron chi connectivity index (χ0n) is 21.2. The molecule has 10 heteroatoms. The fraction of sp³-hybridized carbons (Fsp3) is 0.407. The summed E-state index contributed by atoms with van der Waals surface area (Å²) in [7, 11) is 1.26. The standard InChI is InChI=1S/C27H35N5O5/c1-3-9-23(25(34)36-2)31-24(33)22(14-8-15-30-26(28)29)32-27(35)37-16-21-19-12-6-4-10-17(19)18-11-5-7-13-20(18)21/h4-7,10-13,21-23H,3,8-9,14-16H2,1-2H3,(H,31,33)(H,32,35)(H4,28,29,30)/t22-,23-/m1/s1. The summed E-state index contributed by atoms with van der Waals surface area (Å²) in [5, 5.41) is 15.3. The second-order valence-corrected chi connectivity index (χ2v) is 8.88. The zero-order valence-corrected chi connectivity index (χ0v) is 21.2. The molecule has 0 heterocycles. The van der Waals surface area contributed by atoms with Gasteiger partial charge in [0.25, 0.3) is 0 Å². The highest BCUT2D eigenvalue weighted by Gasteiger charge is 2.30. The number of fused-ring (bicyclic) bond motifs is 3. The van der Waals surface area contributed by atoms with Crippen molar-refractivity contribution in [2.45, 2.75) is 50.6 Å². The SMILES string of the molecule is CCC[C@@H](NC(=O)[C@@H](CCCNC(=N)N)NC(=O)OCC1c2ccccc2-c2ccccc21)C(=O)OC. The minimum Gasteiger partial charge on any atom is -0.467 e. The summed E-state index contributed by atoms with van der Waals surface area (Å²) in [4.78, 5) is 37.9. The van der Waals surface area contributed by atoms with Gasteiger partial charge in [0.15, 0.2) is 5.96 Å². The number of nitrogens with one attached hydrogen (secondary N) is 4. The van der Waals surface area contributed by atoms with Crippen molar-refractivity contribution in [2.24, 2.45) is 5.73 Å². The van der Waals surface area contributed by atoms with E-state index in [9.17, 15) is 14.4 Å². The second-order valence-electron chi connectivity index (χ2n) is 8.88. The van der Waals surface area contributed by atoms with Gasteiger partial charge in [-0.1, -0.05) is 61.9 Å². The van der Waals surface area contributed by atoms with Gasteiger partial charge in [-0.15, -0.1) is 0 Å². The van der Waals surface area contributed by atoms with E-state index in [1.165, 1.54) is 7.11 Å². The van der Waals surface area contributed by atoms with Gasteiger partial charge in [-0.2, -0.15) is 0 Å². The monoisotopic (exact) mass is 509 g/mol. The molecular formula is C27H35N5O5. The van der Waals surface area contributed by atoms with Gasteiger partial charge < -0.3 is 31.2 Å². The Kier molecular flexibility index (Phi) is 9.88. The first-order chi connectivity index (χ1) is 17.8. The topological polar surface area (TPSA) is 156 Å². The molecule has 10 nitrogen and oxygen atoms in total. The van der Waals surface area contributed by atoms with Gasteiger partial charge >= 0.3 is 12.1 Å². The lowest BCUT2D eigenvalue weighted by molar-refractivity contribution is -0.145. The molecule has 1 aliphatic rings. The number of guanidine groups is 1. The van der Waals surface area contributed by atoms with Crippen LogP contribution in [0, 0.1) is 5.41 Å². The van der Waals surface area contributed by atoms with Crippen molar-refractivity contribution in [3.8, 4) is 11.1 Å². The van der Waals surface area contributed by atoms with E-state index in [4.69, 9.17) is 20.6 Å². The summed E-state index contributed by atoms with van der Waals surface area (Å²) in [5.41, 5.74) is 9.72. The lowest BCUT2D eigenvalue weighted by Gasteiger charge is -2.22. The molecule has 2 amide bonds. The molecule has 198 valence electrons. The third kappa shape index (κ3) is 7.22. The fourth-order valence-electron chi connectivity index (χ4n) is 4.53. The maximum absolute atomic E-state index is 13.0. The van der Waals surface area contributed by atoms with E-state index >= 15 is 0 Å². The quantitative estimate of drug-likeness (QED) is 0.127. The molecule has 0 saturated heterocycles. The normalized spacial score (nSPS) is 13.5. The Hall–Kier alpha value is -4.08.